The van der Waals surface area contributed by atoms with Gasteiger partial charge in [-0.2, -0.15) is 13.2 Å². The molecule has 1 atom stereocenters. The number of hydrogen-bond donors (Lipinski definition) is 2. The molecule has 0 heterocycles. The van der Waals surface area contributed by atoms with Crippen LogP contribution in [-0.2, 0) is 11.0 Å². The highest BCUT2D eigenvalue weighted by Gasteiger charge is 2.31. The summed E-state index contributed by atoms with van der Waals surface area (Å²) in [4.78, 5) is 12.9. The van der Waals surface area contributed by atoms with E-state index in [9.17, 15) is 22.4 Å². The first-order chi connectivity index (χ1) is 13.3. The first-order valence-corrected chi connectivity index (χ1v) is 9.32. The van der Waals surface area contributed by atoms with Gasteiger partial charge in [-0.1, -0.05) is 37.5 Å². The summed E-state index contributed by atoms with van der Waals surface area (Å²) in [6.07, 6.45) is 0.487. The predicted octanol–water partition coefficient (Wildman–Crippen LogP) is 5.45. The summed E-state index contributed by atoms with van der Waals surface area (Å²) in [7, 11) is 0. The lowest BCUT2D eigenvalue weighted by Crippen LogP contribution is -2.41. The Morgan fingerprint density at radius 1 is 1.00 bits per heavy atom. The van der Waals surface area contributed by atoms with Crippen molar-refractivity contribution >= 4 is 11.6 Å². The van der Waals surface area contributed by atoms with Gasteiger partial charge in [-0.25, -0.2) is 4.39 Å². The summed E-state index contributed by atoms with van der Waals surface area (Å²) in [5.41, 5.74) is -0.155. The van der Waals surface area contributed by atoms with Crippen LogP contribution < -0.4 is 10.6 Å². The third-order valence-electron chi connectivity index (χ3n) is 4.92. The maximum atomic E-state index is 13.3. The van der Waals surface area contributed by atoms with E-state index < -0.39 is 23.6 Å². The lowest BCUT2D eigenvalue weighted by molar-refractivity contribution is -0.137. The molecule has 150 valence electrons. The molecule has 0 saturated heterocycles. The molecule has 3 rings (SSSR count). The van der Waals surface area contributed by atoms with Gasteiger partial charge in [-0.15, -0.1) is 0 Å². The van der Waals surface area contributed by atoms with Gasteiger partial charge >= 0.3 is 6.18 Å². The van der Waals surface area contributed by atoms with Crippen LogP contribution in [0.5, 0.6) is 0 Å². The largest absolute Gasteiger partial charge is 0.416 e. The Kier molecular flexibility index (Phi) is 6.21. The summed E-state index contributed by atoms with van der Waals surface area (Å²) in [6, 6.07) is 9.19. The minimum Gasteiger partial charge on any atom is -0.370 e. The molecule has 3 nitrogen and oxygen atoms in total. The van der Waals surface area contributed by atoms with Crippen LogP contribution in [0.2, 0.25) is 0 Å². The van der Waals surface area contributed by atoms with Gasteiger partial charge in [0.1, 0.15) is 11.9 Å². The van der Waals surface area contributed by atoms with E-state index in [1.165, 1.54) is 36.4 Å². The Labute approximate surface area is 161 Å². The Balaban J connectivity index is 1.83. The van der Waals surface area contributed by atoms with Crippen molar-refractivity contribution in [1.29, 1.82) is 0 Å². The van der Waals surface area contributed by atoms with Crippen molar-refractivity contribution in [3.63, 3.8) is 0 Å². The number of carbonyl (C=O) groups is 1. The minimum absolute atomic E-state index is 0.0486. The minimum atomic E-state index is -4.48. The van der Waals surface area contributed by atoms with Crippen LogP contribution in [0.15, 0.2) is 48.5 Å². The SMILES string of the molecule is O=C(NC1CCCCC1)C(Nc1cccc(C(F)(F)F)c1)c1ccc(F)cc1. The van der Waals surface area contributed by atoms with E-state index in [0.29, 0.717) is 5.56 Å². The second-order valence-electron chi connectivity index (χ2n) is 7.05. The fraction of sp³-hybridized carbons (Fsp3) is 0.381. The van der Waals surface area contributed by atoms with Crippen molar-refractivity contribution in [3.05, 3.63) is 65.5 Å². The Morgan fingerprint density at radius 2 is 1.68 bits per heavy atom. The molecule has 2 aromatic rings. The first kappa shape index (κ1) is 20.2. The van der Waals surface area contributed by atoms with Crippen molar-refractivity contribution < 1.29 is 22.4 Å². The number of carbonyl (C=O) groups excluding carboxylic acids is 1. The highest BCUT2D eigenvalue weighted by atomic mass is 19.4. The molecule has 2 aromatic carbocycles. The van der Waals surface area contributed by atoms with E-state index in [4.69, 9.17) is 0 Å². The second-order valence-corrected chi connectivity index (χ2v) is 7.05. The molecule has 7 heteroatoms. The molecule has 1 saturated carbocycles. The molecule has 2 N–H and O–H groups in total. The van der Waals surface area contributed by atoms with Gasteiger partial charge in [-0.3, -0.25) is 4.79 Å². The summed E-state index contributed by atoms with van der Waals surface area (Å²) in [6.45, 7) is 0. The Bertz CT molecular complexity index is 799. The molecular weight excluding hydrogens is 372 g/mol. The van der Waals surface area contributed by atoms with Crippen LogP contribution in [0, 0.1) is 5.82 Å². The monoisotopic (exact) mass is 394 g/mol. The first-order valence-electron chi connectivity index (χ1n) is 9.32. The van der Waals surface area contributed by atoms with Gasteiger partial charge in [-0.05, 0) is 48.7 Å². The van der Waals surface area contributed by atoms with E-state index in [0.717, 1.165) is 44.2 Å². The number of anilines is 1. The molecule has 1 aliphatic rings. The number of nitrogens with one attached hydrogen (secondary N) is 2. The predicted molar refractivity (Wildman–Crippen MR) is 99.2 cm³/mol. The average molecular weight is 394 g/mol. The normalized spacial score (nSPS) is 16.4. The molecule has 1 amide bonds. The molecule has 0 aromatic heterocycles. The van der Waals surface area contributed by atoms with Gasteiger partial charge in [0, 0.05) is 11.7 Å². The summed E-state index contributed by atoms with van der Waals surface area (Å²) >= 11 is 0. The smallest absolute Gasteiger partial charge is 0.370 e. The van der Waals surface area contributed by atoms with Crippen molar-refractivity contribution in [3.8, 4) is 0 Å². The van der Waals surface area contributed by atoms with Crippen molar-refractivity contribution in [2.45, 2.75) is 50.4 Å². The zero-order valence-corrected chi connectivity index (χ0v) is 15.2. The van der Waals surface area contributed by atoms with Crippen molar-refractivity contribution in [2.75, 3.05) is 5.32 Å². The lowest BCUT2D eigenvalue weighted by Gasteiger charge is -2.27. The molecular formula is C21H22F4N2O. The molecule has 1 unspecified atom stereocenters. The molecule has 0 radical (unpaired) electrons. The zero-order valence-electron chi connectivity index (χ0n) is 15.2. The van der Waals surface area contributed by atoms with E-state index in [-0.39, 0.29) is 17.6 Å². The third kappa shape index (κ3) is 5.24. The summed E-state index contributed by atoms with van der Waals surface area (Å²) in [5.74, 6) is -0.787. The van der Waals surface area contributed by atoms with Crippen LogP contribution in [0.1, 0.15) is 49.3 Å². The Morgan fingerprint density at radius 3 is 2.32 bits per heavy atom. The molecule has 0 bridgehead atoms. The maximum Gasteiger partial charge on any atom is 0.416 e. The van der Waals surface area contributed by atoms with Crippen LogP contribution in [0.25, 0.3) is 0 Å². The van der Waals surface area contributed by atoms with E-state index in [1.54, 1.807) is 0 Å². The number of hydrogen-bond acceptors (Lipinski definition) is 2. The van der Waals surface area contributed by atoms with Crippen LogP contribution in [-0.4, -0.2) is 11.9 Å². The van der Waals surface area contributed by atoms with Crippen molar-refractivity contribution in [2.24, 2.45) is 0 Å². The number of amides is 1. The van der Waals surface area contributed by atoms with Gasteiger partial charge in [0.25, 0.3) is 0 Å². The van der Waals surface area contributed by atoms with E-state index in [1.807, 2.05) is 0 Å². The maximum absolute atomic E-state index is 13.3. The molecule has 1 fully saturated rings. The summed E-state index contributed by atoms with van der Waals surface area (Å²) < 4.78 is 52.3. The van der Waals surface area contributed by atoms with Gasteiger partial charge in [0.15, 0.2) is 0 Å². The highest BCUT2D eigenvalue weighted by Crippen LogP contribution is 2.32. The number of alkyl halides is 3. The van der Waals surface area contributed by atoms with Gasteiger partial charge in [0.05, 0.1) is 5.56 Å². The Hall–Kier alpha value is -2.57. The second kappa shape index (κ2) is 8.63. The summed E-state index contributed by atoms with van der Waals surface area (Å²) in [5, 5.41) is 5.86. The fourth-order valence-corrected chi connectivity index (χ4v) is 3.44. The fourth-order valence-electron chi connectivity index (χ4n) is 3.44. The van der Waals surface area contributed by atoms with E-state index in [2.05, 4.69) is 10.6 Å². The van der Waals surface area contributed by atoms with Crippen molar-refractivity contribution in [1.82, 2.24) is 5.32 Å². The standard InChI is InChI=1S/C21H22F4N2O/c22-16-11-9-14(10-12-16)19(20(28)27-17-6-2-1-3-7-17)26-18-8-4-5-15(13-18)21(23,24)25/h4-5,8-13,17,19,26H,1-3,6-7H2,(H,27,28). The average Bonchev–Trinajstić information content (AvgIpc) is 2.67. The lowest BCUT2D eigenvalue weighted by atomic mass is 9.95. The van der Waals surface area contributed by atoms with Gasteiger partial charge in [0.2, 0.25) is 5.91 Å². The quantitative estimate of drug-likeness (QED) is 0.663. The van der Waals surface area contributed by atoms with Crippen LogP contribution >= 0.6 is 0 Å². The molecule has 1 aliphatic carbocycles. The zero-order chi connectivity index (χ0) is 20.1. The number of rotatable bonds is 5. The number of halogens is 4. The molecule has 0 aliphatic heterocycles. The third-order valence-corrected chi connectivity index (χ3v) is 4.92. The van der Waals surface area contributed by atoms with E-state index >= 15 is 0 Å². The van der Waals surface area contributed by atoms with Crippen LogP contribution in [0.3, 0.4) is 0 Å². The number of benzene rings is 2. The molecule has 0 spiro atoms. The topological polar surface area (TPSA) is 41.1 Å². The highest BCUT2D eigenvalue weighted by molar-refractivity contribution is 5.86. The van der Waals surface area contributed by atoms with Crippen LogP contribution in [0.4, 0.5) is 23.2 Å². The molecule has 28 heavy (non-hydrogen) atoms. The van der Waals surface area contributed by atoms with Gasteiger partial charge < -0.3 is 10.6 Å².